The van der Waals surface area contributed by atoms with Crippen molar-refractivity contribution >= 4 is 15.9 Å². The molecule has 1 aliphatic heterocycles. The summed E-state index contributed by atoms with van der Waals surface area (Å²) in [7, 11) is -4.31. The first-order valence-electron chi connectivity index (χ1n) is 10.7. The van der Waals surface area contributed by atoms with Gasteiger partial charge in [-0.3, -0.25) is 9.78 Å². The summed E-state index contributed by atoms with van der Waals surface area (Å²) in [6.07, 6.45) is -5.49. The summed E-state index contributed by atoms with van der Waals surface area (Å²) in [4.78, 5) is 19.4. The smallest absolute Gasteiger partial charge is 0.351 e. The highest BCUT2D eigenvalue weighted by atomic mass is 32.2. The first-order chi connectivity index (χ1) is 17.4. The third kappa shape index (κ3) is 5.74. The summed E-state index contributed by atoms with van der Waals surface area (Å²) < 4.78 is 106. The van der Waals surface area contributed by atoms with Gasteiger partial charge in [0, 0.05) is 25.1 Å². The van der Waals surface area contributed by atoms with Crippen LogP contribution in [0.4, 0.5) is 26.3 Å². The Balaban J connectivity index is 1.50. The quantitative estimate of drug-likeness (QED) is 0.476. The van der Waals surface area contributed by atoms with Crippen molar-refractivity contribution in [1.82, 2.24) is 19.6 Å². The van der Waals surface area contributed by atoms with Gasteiger partial charge in [0.2, 0.25) is 15.9 Å². The second-order valence-corrected chi connectivity index (χ2v) is 10.1. The first-order valence-corrected chi connectivity index (χ1v) is 12.2. The second-order valence-electron chi connectivity index (χ2n) is 8.19. The van der Waals surface area contributed by atoms with E-state index in [2.05, 4.69) is 15.3 Å². The molecule has 3 aromatic rings. The van der Waals surface area contributed by atoms with Crippen molar-refractivity contribution in [1.29, 1.82) is 0 Å². The van der Waals surface area contributed by atoms with Crippen molar-refractivity contribution in [2.75, 3.05) is 6.54 Å². The van der Waals surface area contributed by atoms with E-state index in [0.29, 0.717) is 16.1 Å². The van der Waals surface area contributed by atoms with Crippen molar-refractivity contribution in [2.45, 2.75) is 36.3 Å². The maximum atomic E-state index is 14.3. The third-order valence-electron chi connectivity index (χ3n) is 5.64. The molecule has 1 aliphatic rings. The molecule has 196 valence electrons. The van der Waals surface area contributed by atoms with Crippen LogP contribution in [0, 0.1) is 11.6 Å². The van der Waals surface area contributed by atoms with Crippen LogP contribution in [0.3, 0.4) is 0 Å². The number of sulfonamides is 1. The zero-order chi connectivity index (χ0) is 27.0. The molecular weight excluding hydrogens is 526 g/mol. The molecular formula is C23H18F6N4O3S. The van der Waals surface area contributed by atoms with Crippen molar-refractivity contribution in [3.63, 3.8) is 0 Å². The van der Waals surface area contributed by atoms with Crippen molar-refractivity contribution in [3.05, 3.63) is 77.8 Å². The Labute approximate surface area is 207 Å². The minimum absolute atomic E-state index is 0.168. The van der Waals surface area contributed by atoms with E-state index in [4.69, 9.17) is 0 Å². The molecule has 1 aromatic heterocycles. The van der Waals surface area contributed by atoms with E-state index in [0.717, 1.165) is 36.5 Å². The summed E-state index contributed by atoms with van der Waals surface area (Å²) in [5, 5.41) is 2.47. The van der Waals surface area contributed by atoms with Gasteiger partial charge in [0.25, 0.3) is 0 Å². The third-order valence-corrected chi connectivity index (χ3v) is 7.53. The number of benzene rings is 2. The van der Waals surface area contributed by atoms with Crippen LogP contribution in [0.2, 0.25) is 0 Å². The number of alkyl halides is 4. The molecule has 1 saturated heterocycles. The van der Waals surface area contributed by atoms with Gasteiger partial charge in [-0.1, -0.05) is 6.07 Å². The van der Waals surface area contributed by atoms with Gasteiger partial charge in [0.15, 0.2) is 5.69 Å². The average Bonchev–Trinajstić information content (AvgIpc) is 3.26. The predicted octanol–water partition coefficient (Wildman–Crippen LogP) is 3.86. The molecule has 2 heterocycles. The van der Waals surface area contributed by atoms with Crippen LogP contribution in [0.5, 0.6) is 0 Å². The Hall–Kier alpha value is -3.52. The van der Waals surface area contributed by atoms with Crippen LogP contribution < -0.4 is 5.32 Å². The molecule has 0 unspecified atom stereocenters. The van der Waals surface area contributed by atoms with Gasteiger partial charge in [0.05, 0.1) is 23.0 Å². The minimum atomic E-state index is -4.72. The summed E-state index contributed by atoms with van der Waals surface area (Å²) in [6, 6.07) is 6.06. The fourth-order valence-corrected chi connectivity index (χ4v) is 5.43. The topological polar surface area (TPSA) is 92.3 Å². The molecule has 1 amide bonds. The summed E-state index contributed by atoms with van der Waals surface area (Å²) >= 11 is 0. The van der Waals surface area contributed by atoms with Crippen LogP contribution in [0.1, 0.15) is 17.7 Å². The molecule has 0 spiro atoms. The van der Waals surface area contributed by atoms with Crippen LogP contribution in [0.15, 0.2) is 59.8 Å². The molecule has 2 aromatic carbocycles. The Bertz CT molecular complexity index is 1400. The van der Waals surface area contributed by atoms with E-state index < -0.39 is 64.6 Å². The number of nitrogens with one attached hydrogen (secondary N) is 1. The minimum Gasteiger partial charge on any atom is -0.351 e. The van der Waals surface area contributed by atoms with Crippen molar-refractivity contribution < 1.29 is 39.6 Å². The summed E-state index contributed by atoms with van der Waals surface area (Å²) in [5.74, 6) is -2.28. The monoisotopic (exact) mass is 544 g/mol. The highest BCUT2D eigenvalue weighted by Gasteiger charge is 2.44. The zero-order valence-corrected chi connectivity index (χ0v) is 19.5. The van der Waals surface area contributed by atoms with E-state index in [1.165, 1.54) is 12.1 Å². The first kappa shape index (κ1) is 26.5. The van der Waals surface area contributed by atoms with Gasteiger partial charge < -0.3 is 5.32 Å². The molecule has 14 heteroatoms. The Morgan fingerprint density at radius 3 is 2.38 bits per heavy atom. The molecule has 0 bridgehead atoms. The molecule has 37 heavy (non-hydrogen) atoms. The van der Waals surface area contributed by atoms with E-state index >= 15 is 0 Å². The lowest BCUT2D eigenvalue weighted by Crippen LogP contribution is -2.45. The van der Waals surface area contributed by atoms with Crippen LogP contribution >= 0.6 is 0 Å². The molecule has 7 nitrogen and oxygen atoms in total. The van der Waals surface area contributed by atoms with Gasteiger partial charge in [0.1, 0.15) is 23.8 Å². The lowest BCUT2D eigenvalue weighted by atomic mass is 10.1. The Kier molecular flexibility index (Phi) is 7.24. The standard InChI is InChI=1S/C23H18F6N4O3S/c24-14-2-4-16(5-3-14)37(35,36)33-12-15(25)8-20(33)22(34)32-9-13-1-6-18(26)17(7-13)19-10-31-21(11-30-19)23(27,28)29/h1-7,10-11,15,20H,8-9,12H2,(H,32,34)/t15-,20+/m1/s1. The number of aromatic nitrogens is 2. The van der Waals surface area contributed by atoms with Crippen LogP contribution in [-0.2, 0) is 27.5 Å². The Morgan fingerprint density at radius 1 is 1.05 bits per heavy atom. The molecule has 2 atom stereocenters. The van der Waals surface area contributed by atoms with Gasteiger partial charge in [-0.05, 0) is 42.0 Å². The van der Waals surface area contributed by atoms with E-state index in [9.17, 15) is 39.6 Å². The van der Waals surface area contributed by atoms with Crippen LogP contribution in [0.25, 0.3) is 11.3 Å². The molecule has 0 saturated carbocycles. The SMILES string of the molecule is O=C(NCc1ccc(F)c(-c2cnc(C(F)(F)F)cn2)c1)[C@@H]1C[C@@H](F)CN1S(=O)(=O)c1ccc(F)cc1. The number of nitrogens with zero attached hydrogens (tertiary/aromatic N) is 3. The van der Waals surface area contributed by atoms with Gasteiger partial charge in [-0.25, -0.2) is 26.6 Å². The second kappa shape index (κ2) is 10.1. The fourth-order valence-electron chi connectivity index (χ4n) is 3.80. The largest absolute Gasteiger partial charge is 0.434 e. The van der Waals surface area contributed by atoms with Gasteiger partial charge >= 0.3 is 6.18 Å². The summed E-state index contributed by atoms with van der Waals surface area (Å²) in [5.41, 5.74) is -1.28. The van der Waals surface area contributed by atoms with E-state index in [1.54, 1.807) is 0 Å². The summed E-state index contributed by atoms with van der Waals surface area (Å²) in [6.45, 7) is -0.789. The fraction of sp³-hybridized carbons (Fsp3) is 0.261. The molecule has 1 fully saturated rings. The van der Waals surface area contributed by atoms with Crippen molar-refractivity contribution in [3.8, 4) is 11.3 Å². The lowest BCUT2D eigenvalue weighted by Gasteiger charge is -2.23. The lowest BCUT2D eigenvalue weighted by molar-refractivity contribution is -0.141. The molecule has 4 rings (SSSR count). The number of amides is 1. The van der Waals surface area contributed by atoms with Crippen LogP contribution in [-0.4, -0.2) is 47.4 Å². The average molecular weight is 544 g/mol. The predicted molar refractivity (Wildman–Crippen MR) is 118 cm³/mol. The number of carbonyl (C=O) groups excluding carboxylic acids is 1. The number of hydrogen-bond acceptors (Lipinski definition) is 5. The van der Waals surface area contributed by atoms with Gasteiger partial charge in [-0.15, -0.1) is 0 Å². The highest BCUT2D eigenvalue weighted by Crippen LogP contribution is 2.30. The van der Waals surface area contributed by atoms with Crippen molar-refractivity contribution in [2.24, 2.45) is 0 Å². The Morgan fingerprint density at radius 2 is 1.76 bits per heavy atom. The number of rotatable bonds is 6. The normalized spacial score (nSPS) is 18.6. The van der Waals surface area contributed by atoms with E-state index in [-0.39, 0.29) is 22.7 Å². The molecule has 0 radical (unpaired) electrons. The van der Waals surface area contributed by atoms with E-state index in [1.807, 2.05) is 0 Å². The zero-order valence-electron chi connectivity index (χ0n) is 18.7. The maximum Gasteiger partial charge on any atom is 0.434 e. The number of halogens is 6. The molecule has 0 aliphatic carbocycles. The highest BCUT2D eigenvalue weighted by molar-refractivity contribution is 7.89. The van der Waals surface area contributed by atoms with Gasteiger partial charge in [-0.2, -0.15) is 17.5 Å². The number of hydrogen-bond donors (Lipinski definition) is 1. The number of carbonyl (C=O) groups is 1. The maximum absolute atomic E-state index is 14.3. The molecule has 1 N–H and O–H groups in total.